The van der Waals surface area contributed by atoms with Crippen molar-refractivity contribution in [1.82, 2.24) is 0 Å². The molecule has 1 unspecified atom stereocenters. The zero-order valence-electron chi connectivity index (χ0n) is 54.0. The fourth-order valence-corrected chi connectivity index (χ4v) is 9.81. The minimum Gasteiger partial charge on any atom is -0.462 e. The van der Waals surface area contributed by atoms with E-state index in [1.54, 1.807) is 0 Å². The first-order valence-corrected chi connectivity index (χ1v) is 34.9. The molecular formula is C76H130O6. The van der Waals surface area contributed by atoms with Gasteiger partial charge in [-0.3, -0.25) is 14.4 Å². The van der Waals surface area contributed by atoms with Gasteiger partial charge in [-0.2, -0.15) is 0 Å². The Balaban J connectivity index is 4.33. The molecule has 0 fully saturated rings. The summed E-state index contributed by atoms with van der Waals surface area (Å²) in [5, 5.41) is 0. The summed E-state index contributed by atoms with van der Waals surface area (Å²) < 4.78 is 16.9. The van der Waals surface area contributed by atoms with Crippen molar-refractivity contribution in [2.45, 2.75) is 341 Å². The highest BCUT2D eigenvalue weighted by Crippen LogP contribution is 2.17. The standard InChI is InChI=1S/C76H130O6/c1-4-7-10-13-16-19-22-25-27-29-31-33-35-36-37-38-39-40-42-43-45-47-49-51-54-57-60-63-66-69-75(78)81-72-73(71-80-74(77)68-65-62-59-56-53-24-21-18-15-12-9-6-3)82-76(79)70-67-64-61-58-55-52-50-48-46-44-41-34-32-30-28-26-23-20-17-14-11-8-5-2/h7,10,16,18-19,21,25,27,31,33,36-37,39-40,43,45,49,51,73H,4-6,8-9,11-15,17,20,22-24,26,28-30,32,34-35,38,41-42,44,46-48,50,52-72H2,1-3H3/b10-7-,19-16-,21-18-,27-25-,33-31-,37-36-,40-39-,45-43-,51-49-. The van der Waals surface area contributed by atoms with Crippen molar-refractivity contribution in [2.75, 3.05) is 13.2 Å². The lowest BCUT2D eigenvalue weighted by atomic mass is 10.0. The molecule has 82 heavy (non-hydrogen) atoms. The Morgan fingerprint density at radius 1 is 0.256 bits per heavy atom. The molecule has 0 aromatic carbocycles. The summed E-state index contributed by atoms with van der Waals surface area (Å²) in [5.74, 6) is -0.910. The number of rotatable bonds is 63. The molecule has 0 rings (SSSR count). The number of carbonyl (C=O) groups is 3. The van der Waals surface area contributed by atoms with Crippen molar-refractivity contribution in [3.8, 4) is 0 Å². The molecule has 0 radical (unpaired) electrons. The van der Waals surface area contributed by atoms with Gasteiger partial charge in [-0.1, -0.05) is 316 Å². The summed E-state index contributed by atoms with van der Waals surface area (Å²) in [5.41, 5.74) is 0. The first kappa shape index (κ1) is 78.1. The normalized spacial score (nSPS) is 12.8. The number of hydrogen-bond donors (Lipinski definition) is 0. The molecule has 0 N–H and O–H groups in total. The van der Waals surface area contributed by atoms with Crippen molar-refractivity contribution in [1.29, 1.82) is 0 Å². The topological polar surface area (TPSA) is 78.9 Å². The summed E-state index contributed by atoms with van der Waals surface area (Å²) >= 11 is 0. The Hall–Kier alpha value is -3.93. The van der Waals surface area contributed by atoms with Crippen LogP contribution in [0.1, 0.15) is 335 Å². The Kier molecular flexibility index (Phi) is 66.2. The summed E-state index contributed by atoms with van der Waals surface area (Å²) in [6.07, 6.45) is 95.4. The monoisotopic (exact) mass is 1140 g/mol. The van der Waals surface area contributed by atoms with E-state index in [0.717, 1.165) is 128 Å². The van der Waals surface area contributed by atoms with E-state index >= 15 is 0 Å². The van der Waals surface area contributed by atoms with Crippen LogP contribution in [0.2, 0.25) is 0 Å². The van der Waals surface area contributed by atoms with Gasteiger partial charge in [-0.05, 0) is 109 Å². The van der Waals surface area contributed by atoms with Crippen LogP contribution in [0, 0.1) is 0 Å². The van der Waals surface area contributed by atoms with Crippen molar-refractivity contribution in [3.05, 3.63) is 109 Å². The van der Waals surface area contributed by atoms with E-state index in [-0.39, 0.29) is 31.1 Å². The predicted octanol–water partition coefficient (Wildman–Crippen LogP) is 24.2. The van der Waals surface area contributed by atoms with E-state index in [9.17, 15) is 14.4 Å². The molecule has 0 aliphatic carbocycles. The Bertz CT molecular complexity index is 1640. The Morgan fingerprint density at radius 3 is 0.780 bits per heavy atom. The molecule has 0 aliphatic heterocycles. The fourth-order valence-electron chi connectivity index (χ4n) is 9.81. The van der Waals surface area contributed by atoms with Crippen LogP contribution in [0.5, 0.6) is 0 Å². The Labute approximate surface area is 508 Å². The molecule has 6 nitrogen and oxygen atoms in total. The zero-order valence-corrected chi connectivity index (χ0v) is 54.0. The molecule has 0 aromatic rings. The lowest BCUT2D eigenvalue weighted by Gasteiger charge is -2.18. The van der Waals surface area contributed by atoms with Crippen molar-refractivity contribution >= 4 is 17.9 Å². The molecule has 0 amide bonds. The number of allylic oxidation sites excluding steroid dienone is 18. The van der Waals surface area contributed by atoms with Gasteiger partial charge >= 0.3 is 17.9 Å². The highest BCUT2D eigenvalue weighted by molar-refractivity contribution is 5.71. The van der Waals surface area contributed by atoms with Crippen LogP contribution in [-0.2, 0) is 28.6 Å². The Morgan fingerprint density at radius 2 is 0.476 bits per heavy atom. The van der Waals surface area contributed by atoms with Crippen LogP contribution in [0.25, 0.3) is 0 Å². The van der Waals surface area contributed by atoms with E-state index < -0.39 is 6.10 Å². The van der Waals surface area contributed by atoms with E-state index in [1.165, 1.54) is 167 Å². The van der Waals surface area contributed by atoms with Gasteiger partial charge in [0.2, 0.25) is 0 Å². The number of hydrogen-bond acceptors (Lipinski definition) is 6. The first-order chi connectivity index (χ1) is 40.5. The smallest absolute Gasteiger partial charge is 0.306 e. The minimum atomic E-state index is -0.793. The molecule has 0 heterocycles. The third kappa shape index (κ3) is 66.9. The number of carbonyl (C=O) groups excluding carboxylic acids is 3. The van der Waals surface area contributed by atoms with E-state index in [0.29, 0.717) is 19.3 Å². The number of esters is 3. The van der Waals surface area contributed by atoms with Gasteiger partial charge in [-0.15, -0.1) is 0 Å². The van der Waals surface area contributed by atoms with E-state index in [2.05, 4.69) is 130 Å². The summed E-state index contributed by atoms with van der Waals surface area (Å²) in [7, 11) is 0. The van der Waals surface area contributed by atoms with Crippen LogP contribution in [0.4, 0.5) is 0 Å². The molecule has 0 saturated carbocycles. The van der Waals surface area contributed by atoms with Crippen molar-refractivity contribution in [2.24, 2.45) is 0 Å². The van der Waals surface area contributed by atoms with Crippen LogP contribution in [0.15, 0.2) is 109 Å². The average molecular weight is 1140 g/mol. The maximum absolute atomic E-state index is 12.9. The molecular weight excluding hydrogens is 1010 g/mol. The van der Waals surface area contributed by atoms with Gasteiger partial charge in [0.25, 0.3) is 0 Å². The molecule has 470 valence electrons. The number of ether oxygens (including phenoxy) is 3. The predicted molar refractivity (Wildman–Crippen MR) is 357 cm³/mol. The summed E-state index contributed by atoms with van der Waals surface area (Å²) in [6, 6.07) is 0. The lowest BCUT2D eigenvalue weighted by Crippen LogP contribution is -2.30. The highest BCUT2D eigenvalue weighted by atomic mass is 16.6. The van der Waals surface area contributed by atoms with E-state index in [1.807, 2.05) is 0 Å². The minimum absolute atomic E-state index is 0.0887. The molecule has 1 atom stereocenters. The molecule has 6 heteroatoms. The first-order valence-electron chi connectivity index (χ1n) is 34.9. The average Bonchev–Trinajstić information content (AvgIpc) is 3.47. The molecule has 0 aliphatic rings. The van der Waals surface area contributed by atoms with Crippen LogP contribution >= 0.6 is 0 Å². The van der Waals surface area contributed by atoms with Gasteiger partial charge in [0.05, 0.1) is 0 Å². The third-order valence-corrected chi connectivity index (χ3v) is 15.0. The lowest BCUT2D eigenvalue weighted by molar-refractivity contribution is -0.167. The van der Waals surface area contributed by atoms with Crippen molar-refractivity contribution in [3.63, 3.8) is 0 Å². The SMILES string of the molecule is CC/C=C\C/C=C\C/C=C\C/C=C\C/C=C\C/C=C\C/C=C\C/C=C\CCCCCCC(=O)OCC(COC(=O)CCCCCCC/C=C\CCCCC)OC(=O)CCCCCCCCCCCCCCCCCCCCCCCCC. The summed E-state index contributed by atoms with van der Waals surface area (Å²) in [6.45, 7) is 6.51. The van der Waals surface area contributed by atoms with Gasteiger partial charge in [0.15, 0.2) is 6.10 Å². The van der Waals surface area contributed by atoms with Crippen LogP contribution < -0.4 is 0 Å². The van der Waals surface area contributed by atoms with Crippen molar-refractivity contribution < 1.29 is 28.6 Å². The quantitative estimate of drug-likeness (QED) is 0.0261. The maximum Gasteiger partial charge on any atom is 0.306 e. The molecule has 0 spiro atoms. The van der Waals surface area contributed by atoms with Crippen LogP contribution in [0.3, 0.4) is 0 Å². The van der Waals surface area contributed by atoms with Gasteiger partial charge in [0.1, 0.15) is 13.2 Å². The fraction of sp³-hybridized carbons (Fsp3) is 0.724. The van der Waals surface area contributed by atoms with Gasteiger partial charge in [-0.25, -0.2) is 0 Å². The second-order valence-electron chi connectivity index (χ2n) is 23.1. The number of unbranched alkanes of at least 4 members (excludes halogenated alkanes) is 34. The highest BCUT2D eigenvalue weighted by Gasteiger charge is 2.19. The van der Waals surface area contributed by atoms with Gasteiger partial charge < -0.3 is 14.2 Å². The maximum atomic E-state index is 12.9. The van der Waals surface area contributed by atoms with Gasteiger partial charge in [0, 0.05) is 19.3 Å². The molecule has 0 saturated heterocycles. The summed E-state index contributed by atoms with van der Waals surface area (Å²) in [4.78, 5) is 38.4. The zero-order chi connectivity index (χ0) is 59.2. The van der Waals surface area contributed by atoms with E-state index in [4.69, 9.17) is 14.2 Å². The third-order valence-electron chi connectivity index (χ3n) is 15.0. The van der Waals surface area contributed by atoms with Crippen LogP contribution in [-0.4, -0.2) is 37.2 Å². The second-order valence-corrected chi connectivity index (χ2v) is 23.1. The molecule has 0 bridgehead atoms. The largest absolute Gasteiger partial charge is 0.462 e. The second kappa shape index (κ2) is 69.6. The molecule has 0 aromatic heterocycles.